The Labute approximate surface area is 115 Å². The molecule has 0 radical (unpaired) electrons. The quantitative estimate of drug-likeness (QED) is 0.687. The van der Waals surface area contributed by atoms with Gasteiger partial charge in [-0.25, -0.2) is 0 Å². The molecule has 4 aliphatic heterocycles. The molecule has 4 saturated heterocycles. The molecule has 0 aromatic rings. The summed E-state index contributed by atoms with van der Waals surface area (Å²) >= 11 is 0. The first-order valence-corrected chi connectivity index (χ1v) is 7.75. The molecule has 4 fully saturated rings. The zero-order chi connectivity index (χ0) is 13.3. The van der Waals surface area contributed by atoms with Gasteiger partial charge < -0.3 is 5.11 Å². The number of hydrogen-bond acceptors (Lipinski definition) is 5. The van der Waals surface area contributed by atoms with Crippen LogP contribution in [0, 0.1) is 0 Å². The lowest BCUT2D eigenvalue weighted by molar-refractivity contribution is -0.252. The first kappa shape index (κ1) is 12.5. The van der Waals surface area contributed by atoms with Crippen molar-refractivity contribution in [1.82, 2.24) is 19.6 Å². The van der Waals surface area contributed by atoms with E-state index in [-0.39, 0.29) is 11.3 Å². The van der Waals surface area contributed by atoms with Crippen molar-refractivity contribution in [2.75, 3.05) is 52.4 Å². The Morgan fingerprint density at radius 3 is 2.21 bits per heavy atom. The molecule has 19 heavy (non-hydrogen) atoms. The maximum atomic E-state index is 9.73. The van der Waals surface area contributed by atoms with Crippen LogP contribution in [-0.2, 0) is 0 Å². The molecule has 5 nitrogen and oxygen atoms in total. The summed E-state index contributed by atoms with van der Waals surface area (Å²) in [6.07, 6.45) is 1.30. The van der Waals surface area contributed by atoms with Crippen molar-refractivity contribution in [2.24, 2.45) is 0 Å². The molecule has 0 spiro atoms. The summed E-state index contributed by atoms with van der Waals surface area (Å²) in [7, 11) is 0. The van der Waals surface area contributed by atoms with E-state index >= 15 is 0 Å². The van der Waals surface area contributed by atoms with Crippen LogP contribution in [0.15, 0.2) is 0 Å². The van der Waals surface area contributed by atoms with Gasteiger partial charge >= 0.3 is 0 Å². The Bertz CT molecular complexity index is 384. The summed E-state index contributed by atoms with van der Waals surface area (Å²) in [6.45, 7) is 13.2. The van der Waals surface area contributed by atoms with Gasteiger partial charge in [-0.2, -0.15) is 0 Å². The van der Waals surface area contributed by atoms with Crippen LogP contribution in [0.3, 0.4) is 0 Å². The van der Waals surface area contributed by atoms with Gasteiger partial charge in [-0.3, -0.25) is 19.6 Å². The molecule has 1 N–H and O–H groups in total. The second-order valence-corrected chi connectivity index (χ2v) is 6.85. The highest BCUT2D eigenvalue weighted by Gasteiger charge is 2.67. The lowest BCUT2D eigenvalue weighted by atomic mass is 9.83. The second-order valence-electron chi connectivity index (χ2n) is 6.85. The molecular formula is C14H26N4O. The monoisotopic (exact) mass is 266 g/mol. The van der Waals surface area contributed by atoms with E-state index in [9.17, 15) is 5.11 Å². The van der Waals surface area contributed by atoms with Gasteiger partial charge in [0.2, 0.25) is 0 Å². The van der Waals surface area contributed by atoms with Crippen LogP contribution in [0.25, 0.3) is 0 Å². The highest BCUT2D eigenvalue weighted by Crippen LogP contribution is 2.49. The minimum atomic E-state index is 0.0668. The summed E-state index contributed by atoms with van der Waals surface area (Å²) in [5.74, 6) is 0. The number of piperazine rings is 2. The van der Waals surface area contributed by atoms with Crippen molar-refractivity contribution in [3.63, 3.8) is 0 Å². The Balaban J connectivity index is 1.81. The molecule has 0 aromatic heterocycles. The Hall–Kier alpha value is -0.200. The largest absolute Gasteiger partial charge is 0.395 e. The minimum absolute atomic E-state index is 0.0668. The van der Waals surface area contributed by atoms with Crippen molar-refractivity contribution >= 4 is 0 Å². The summed E-state index contributed by atoms with van der Waals surface area (Å²) in [5.41, 5.74) is 0.184. The van der Waals surface area contributed by atoms with E-state index in [1.165, 1.54) is 26.1 Å². The van der Waals surface area contributed by atoms with E-state index < -0.39 is 0 Å². The average Bonchev–Trinajstić information content (AvgIpc) is 2.70. The van der Waals surface area contributed by atoms with Gasteiger partial charge in [0.15, 0.2) is 0 Å². The summed E-state index contributed by atoms with van der Waals surface area (Å²) < 4.78 is 0. The molecule has 5 heteroatoms. The van der Waals surface area contributed by atoms with E-state index in [4.69, 9.17) is 0 Å². The van der Waals surface area contributed by atoms with Gasteiger partial charge in [0.25, 0.3) is 0 Å². The molecule has 4 rings (SSSR count). The van der Waals surface area contributed by atoms with Crippen molar-refractivity contribution in [2.45, 2.75) is 37.6 Å². The first-order chi connectivity index (χ1) is 9.12. The van der Waals surface area contributed by atoms with Gasteiger partial charge in [0.1, 0.15) is 11.3 Å². The number of nitrogens with zero attached hydrogens (tertiary/aromatic N) is 4. The second kappa shape index (κ2) is 3.92. The summed E-state index contributed by atoms with van der Waals surface area (Å²) in [6, 6.07) is 0.325. The molecule has 0 aliphatic carbocycles. The fourth-order valence-electron chi connectivity index (χ4n) is 5.32. The molecule has 0 amide bonds. The van der Waals surface area contributed by atoms with E-state index in [1.807, 2.05) is 0 Å². The molecule has 4 aliphatic rings. The summed E-state index contributed by atoms with van der Waals surface area (Å²) in [5, 5.41) is 9.73. The highest BCUT2D eigenvalue weighted by molar-refractivity contribution is 5.18. The smallest absolute Gasteiger partial charge is 0.104 e. The third kappa shape index (κ3) is 1.29. The number of aliphatic hydroxyl groups excluding tert-OH is 1. The van der Waals surface area contributed by atoms with Crippen LogP contribution in [0.2, 0.25) is 0 Å². The van der Waals surface area contributed by atoms with Gasteiger partial charge in [0.05, 0.1) is 6.61 Å². The van der Waals surface area contributed by atoms with Gasteiger partial charge in [-0.1, -0.05) is 0 Å². The third-order valence-electron chi connectivity index (χ3n) is 6.49. The van der Waals surface area contributed by atoms with Crippen LogP contribution in [0.4, 0.5) is 0 Å². The SMILES string of the molecule is CC12N3CCCN1CCN1C(CO)CN(CC3)C12C. The topological polar surface area (TPSA) is 33.2 Å². The van der Waals surface area contributed by atoms with Gasteiger partial charge in [-0.15, -0.1) is 0 Å². The first-order valence-electron chi connectivity index (χ1n) is 7.75. The normalized spacial score (nSPS) is 48.5. The van der Waals surface area contributed by atoms with Crippen molar-refractivity contribution in [1.29, 1.82) is 0 Å². The third-order valence-corrected chi connectivity index (χ3v) is 6.49. The fraction of sp³-hybridized carbons (Fsp3) is 1.00. The van der Waals surface area contributed by atoms with Crippen LogP contribution in [0.5, 0.6) is 0 Å². The van der Waals surface area contributed by atoms with E-state index in [0.717, 1.165) is 26.2 Å². The molecule has 0 aromatic carbocycles. The number of hydrogen-bond donors (Lipinski definition) is 1. The van der Waals surface area contributed by atoms with Crippen molar-refractivity contribution < 1.29 is 5.11 Å². The maximum absolute atomic E-state index is 9.73. The van der Waals surface area contributed by atoms with Crippen molar-refractivity contribution in [3.05, 3.63) is 0 Å². The van der Waals surface area contributed by atoms with E-state index in [0.29, 0.717) is 12.6 Å². The number of aliphatic hydroxyl groups is 1. The predicted octanol–water partition coefficient (Wildman–Crippen LogP) is -0.568. The Kier molecular flexibility index (Phi) is 2.59. The van der Waals surface area contributed by atoms with Crippen molar-refractivity contribution in [3.8, 4) is 0 Å². The van der Waals surface area contributed by atoms with Crippen LogP contribution in [0.1, 0.15) is 20.3 Å². The molecule has 0 saturated carbocycles. The fourth-order valence-corrected chi connectivity index (χ4v) is 5.32. The van der Waals surface area contributed by atoms with Crippen LogP contribution < -0.4 is 0 Å². The summed E-state index contributed by atoms with van der Waals surface area (Å²) in [4.78, 5) is 10.6. The minimum Gasteiger partial charge on any atom is -0.395 e. The molecule has 4 heterocycles. The molecule has 0 bridgehead atoms. The number of rotatable bonds is 1. The van der Waals surface area contributed by atoms with E-state index in [1.54, 1.807) is 0 Å². The lowest BCUT2D eigenvalue weighted by Gasteiger charge is -2.69. The lowest BCUT2D eigenvalue weighted by Crippen LogP contribution is -2.85. The zero-order valence-electron chi connectivity index (χ0n) is 12.2. The molecule has 3 unspecified atom stereocenters. The molecule has 108 valence electrons. The zero-order valence-corrected chi connectivity index (χ0v) is 12.2. The maximum Gasteiger partial charge on any atom is 0.104 e. The highest BCUT2D eigenvalue weighted by atomic mass is 16.3. The Morgan fingerprint density at radius 2 is 1.53 bits per heavy atom. The van der Waals surface area contributed by atoms with E-state index in [2.05, 4.69) is 33.4 Å². The molecular weight excluding hydrogens is 240 g/mol. The Morgan fingerprint density at radius 1 is 0.895 bits per heavy atom. The molecule has 3 atom stereocenters. The van der Waals surface area contributed by atoms with Crippen LogP contribution >= 0.6 is 0 Å². The van der Waals surface area contributed by atoms with Crippen LogP contribution in [-0.4, -0.2) is 94.5 Å². The van der Waals surface area contributed by atoms with Gasteiger partial charge in [-0.05, 0) is 20.3 Å². The predicted molar refractivity (Wildman–Crippen MR) is 73.7 cm³/mol. The standard InChI is InChI=1S/C14H26N4O/c1-13-14(2)17-7-6-15(13)4-3-5-16(13)8-9-18(14)12(10-17)11-19/h12,19H,3-11H2,1-2H3. The van der Waals surface area contributed by atoms with Gasteiger partial charge in [0, 0.05) is 51.9 Å². The average molecular weight is 266 g/mol.